The Bertz CT molecular complexity index is 1390. The molecule has 2 aromatic carbocycles. The van der Waals surface area contributed by atoms with Gasteiger partial charge in [-0.1, -0.05) is 83.7 Å². The van der Waals surface area contributed by atoms with E-state index in [1.165, 1.54) is 25.7 Å². The van der Waals surface area contributed by atoms with Crippen molar-refractivity contribution >= 4 is 21.7 Å². The Labute approximate surface area is 277 Å². The van der Waals surface area contributed by atoms with Crippen LogP contribution in [-0.2, 0) is 25.9 Å². The van der Waals surface area contributed by atoms with Crippen LogP contribution in [0.15, 0.2) is 42.5 Å². The monoisotopic (exact) mass is 656 g/mol. The molecule has 3 atom stereocenters. The molecule has 46 heavy (non-hydrogen) atoms. The number of hydrogen-bond acceptors (Lipinski definition) is 6. The number of carbonyl (C=O) groups is 2. The smallest absolute Gasteiger partial charge is 0.326 e. The minimum atomic E-state index is -3.37. The maximum absolute atomic E-state index is 13.4. The number of nitrogens with one attached hydrogen (secondary N) is 1. The average Bonchev–Trinajstić information content (AvgIpc) is 3.36. The van der Waals surface area contributed by atoms with E-state index in [0.29, 0.717) is 23.6 Å². The van der Waals surface area contributed by atoms with Gasteiger partial charge in [0, 0.05) is 31.0 Å². The van der Waals surface area contributed by atoms with E-state index in [1.807, 2.05) is 43.3 Å². The summed E-state index contributed by atoms with van der Waals surface area (Å²) >= 11 is 0. The molecular formula is C37H56N2O6S. The Hall–Kier alpha value is -2.75. The Morgan fingerprint density at radius 2 is 1.74 bits per heavy atom. The van der Waals surface area contributed by atoms with Crippen molar-refractivity contribution in [2.45, 2.75) is 111 Å². The zero-order valence-electron chi connectivity index (χ0n) is 28.8. The maximum Gasteiger partial charge on any atom is 0.326 e. The van der Waals surface area contributed by atoms with E-state index in [1.54, 1.807) is 6.07 Å². The first-order chi connectivity index (χ1) is 21.8. The number of carbonyl (C=O) groups excluding carboxylic acids is 1. The molecule has 0 bridgehead atoms. The molecule has 4 rings (SSSR count). The highest BCUT2D eigenvalue weighted by molar-refractivity contribution is 7.90. The van der Waals surface area contributed by atoms with Crippen LogP contribution in [0.5, 0.6) is 0 Å². The van der Waals surface area contributed by atoms with Gasteiger partial charge in [0.05, 0.1) is 18.5 Å². The Kier molecular flexibility index (Phi) is 14.7. The molecule has 0 radical (unpaired) electrons. The first kappa shape index (κ1) is 37.7. The molecule has 1 saturated carbocycles. The molecule has 1 aliphatic carbocycles. The van der Waals surface area contributed by atoms with Gasteiger partial charge in [-0.05, 0) is 78.8 Å². The second kappa shape index (κ2) is 18.0. The molecule has 1 heterocycles. The third-order valence-corrected chi connectivity index (χ3v) is 10.1. The Balaban J connectivity index is 0.00000107. The largest absolute Gasteiger partial charge is 0.480 e. The first-order valence-electron chi connectivity index (χ1n) is 17.0. The number of ether oxygens (including phenoxy) is 1. The standard InChI is InChI=1S/C32H44N2O6S.C5H12/c1-22-17-25(21-40-26-10-5-4-6-11-26)34(19-22)20-24-13-14-28(29(18-24)27-12-8-7-9-23(27)2)31(35)33-30(32(36)37)15-16-41(3,38)39;1-4-5(2)3/h7-9,12-14,18,22,25-26,30H,4-6,10-11,15-17,19-21H2,1-3H3,(H,33,35)(H,36,37);5H,4H2,1-3H3/t22?,25-,30?;/m0./s1. The predicted octanol–water partition coefficient (Wildman–Crippen LogP) is 6.89. The average molecular weight is 657 g/mol. The Morgan fingerprint density at radius 3 is 2.35 bits per heavy atom. The van der Waals surface area contributed by atoms with Crippen LogP contribution in [0.4, 0.5) is 0 Å². The van der Waals surface area contributed by atoms with Gasteiger partial charge in [0.1, 0.15) is 15.9 Å². The summed E-state index contributed by atoms with van der Waals surface area (Å²) in [5, 5.41) is 12.2. The fraction of sp³-hybridized carbons (Fsp3) is 0.622. The minimum absolute atomic E-state index is 0.199. The van der Waals surface area contributed by atoms with Crippen LogP contribution in [0.3, 0.4) is 0 Å². The number of rotatable bonds is 13. The zero-order chi connectivity index (χ0) is 33.9. The molecule has 0 spiro atoms. The highest BCUT2D eigenvalue weighted by Crippen LogP contribution is 2.31. The molecule has 2 aliphatic rings. The van der Waals surface area contributed by atoms with E-state index in [4.69, 9.17) is 4.74 Å². The number of likely N-dealkylation sites (tertiary alicyclic amines) is 1. The summed E-state index contributed by atoms with van der Waals surface area (Å²) in [6.07, 6.45) is 9.75. The molecule has 0 aromatic heterocycles. The summed E-state index contributed by atoms with van der Waals surface area (Å²) in [4.78, 5) is 27.7. The lowest BCUT2D eigenvalue weighted by Gasteiger charge is -2.28. The number of carboxylic acids is 1. The van der Waals surface area contributed by atoms with Gasteiger partial charge in [-0.2, -0.15) is 0 Å². The van der Waals surface area contributed by atoms with Crippen LogP contribution in [0.2, 0.25) is 0 Å². The first-order valence-corrected chi connectivity index (χ1v) is 19.1. The highest BCUT2D eigenvalue weighted by atomic mass is 32.2. The minimum Gasteiger partial charge on any atom is -0.480 e. The van der Waals surface area contributed by atoms with Gasteiger partial charge < -0.3 is 15.2 Å². The molecule has 1 saturated heterocycles. The van der Waals surface area contributed by atoms with Crippen LogP contribution >= 0.6 is 0 Å². The van der Waals surface area contributed by atoms with Crippen molar-refractivity contribution in [2.24, 2.45) is 11.8 Å². The number of benzene rings is 2. The number of aliphatic carboxylic acids is 1. The second-order valence-corrected chi connectivity index (χ2v) is 16.1. The van der Waals surface area contributed by atoms with Gasteiger partial charge in [0.25, 0.3) is 5.91 Å². The summed E-state index contributed by atoms with van der Waals surface area (Å²) < 4.78 is 29.6. The summed E-state index contributed by atoms with van der Waals surface area (Å²) in [7, 11) is -3.37. The van der Waals surface area contributed by atoms with E-state index in [-0.39, 0.29) is 12.2 Å². The van der Waals surface area contributed by atoms with Crippen molar-refractivity contribution in [3.05, 3.63) is 59.2 Å². The van der Waals surface area contributed by atoms with Gasteiger partial charge in [-0.3, -0.25) is 9.69 Å². The fourth-order valence-corrected chi connectivity index (χ4v) is 6.79. The lowest BCUT2D eigenvalue weighted by molar-refractivity contribution is -0.139. The summed E-state index contributed by atoms with van der Waals surface area (Å²) in [5.74, 6) is -0.663. The molecule has 2 aromatic rings. The third-order valence-electron chi connectivity index (χ3n) is 9.16. The van der Waals surface area contributed by atoms with E-state index in [2.05, 4.69) is 37.9 Å². The molecule has 2 N–H and O–H groups in total. The van der Waals surface area contributed by atoms with Crippen LogP contribution in [0, 0.1) is 18.8 Å². The van der Waals surface area contributed by atoms with E-state index < -0.39 is 27.8 Å². The molecule has 1 amide bonds. The van der Waals surface area contributed by atoms with Gasteiger partial charge in [-0.15, -0.1) is 0 Å². The van der Waals surface area contributed by atoms with Crippen LogP contribution in [0.25, 0.3) is 11.1 Å². The van der Waals surface area contributed by atoms with E-state index in [9.17, 15) is 23.1 Å². The number of amides is 1. The van der Waals surface area contributed by atoms with Crippen LogP contribution < -0.4 is 5.32 Å². The molecule has 8 nitrogen and oxygen atoms in total. The molecule has 9 heteroatoms. The summed E-state index contributed by atoms with van der Waals surface area (Å²) in [6.45, 7) is 13.4. The lowest BCUT2D eigenvalue weighted by atomic mass is 9.93. The number of hydrogen-bond donors (Lipinski definition) is 2. The SMILES string of the molecule is CCC(C)C.Cc1ccccc1-c1cc(CN2CC(C)C[C@H]2COC2CCCCC2)ccc1C(=O)NC(CCS(C)(=O)=O)C(=O)O. The number of carboxylic acid groups (broad SMARTS) is 1. The number of aryl methyl sites for hydroxylation is 1. The number of nitrogens with zero attached hydrogens (tertiary/aromatic N) is 1. The fourth-order valence-electron chi connectivity index (χ4n) is 6.13. The number of sulfone groups is 1. The zero-order valence-corrected chi connectivity index (χ0v) is 29.6. The molecule has 2 fully saturated rings. The van der Waals surface area contributed by atoms with Gasteiger partial charge in [0.2, 0.25) is 0 Å². The van der Waals surface area contributed by atoms with E-state index in [0.717, 1.165) is 73.4 Å². The van der Waals surface area contributed by atoms with Crippen LogP contribution in [-0.4, -0.2) is 73.6 Å². The van der Waals surface area contributed by atoms with Crippen molar-refractivity contribution < 1.29 is 27.9 Å². The van der Waals surface area contributed by atoms with Crippen molar-refractivity contribution in [3.63, 3.8) is 0 Å². The molecular weight excluding hydrogens is 600 g/mol. The topological polar surface area (TPSA) is 113 Å². The third kappa shape index (κ3) is 12.1. The second-order valence-electron chi connectivity index (χ2n) is 13.8. The highest BCUT2D eigenvalue weighted by Gasteiger charge is 2.31. The van der Waals surface area contributed by atoms with Crippen molar-refractivity contribution in [2.75, 3.05) is 25.2 Å². The summed E-state index contributed by atoms with van der Waals surface area (Å²) in [6, 6.07) is 12.6. The molecule has 256 valence electrons. The quantitative estimate of drug-likeness (QED) is 0.241. The van der Waals surface area contributed by atoms with Gasteiger partial charge in [0.15, 0.2) is 0 Å². The Morgan fingerprint density at radius 1 is 1.07 bits per heavy atom. The maximum atomic E-state index is 13.4. The van der Waals surface area contributed by atoms with Crippen molar-refractivity contribution in [1.82, 2.24) is 10.2 Å². The normalized spacial score (nSPS) is 19.8. The summed E-state index contributed by atoms with van der Waals surface area (Å²) in [5.41, 5.74) is 4.06. The van der Waals surface area contributed by atoms with Crippen molar-refractivity contribution in [3.8, 4) is 11.1 Å². The van der Waals surface area contributed by atoms with Crippen molar-refractivity contribution in [1.29, 1.82) is 0 Å². The van der Waals surface area contributed by atoms with Gasteiger partial charge in [-0.25, -0.2) is 13.2 Å². The van der Waals surface area contributed by atoms with Gasteiger partial charge >= 0.3 is 5.97 Å². The van der Waals surface area contributed by atoms with E-state index >= 15 is 0 Å². The predicted molar refractivity (Wildman–Crippen MR) is 186 cm³/mol. The van der Waals surface area contributed by atoms with Crippen LogP contribution in [0.1, 0.15) is 101 Å². The molecule has 2 unspecified atom stereocenters. The lowest BCUT2D eigenvalue weighted by Crippen LogP contribution is -2.42. The molecule has 1 aliphatic heterocycles.